The maximum absolute atomic E-state index is 11.7. The van der Waals surface area contributed by atoms with Gasteiger partial charge in [0.25, 0.3) is 0 Å². The van der Waals surface area contributed by atoms with E-state index in [0.717, 1.165) is 6.07 Å². The van der Waals surface area contributed by atoms with Gasteiger partial charge in [-0.15, -0.1) is 0 Å². The number of aromatic hydroxyl groups is 1. The van der Waals surface area contributed by atoms with E-state index in [0.29, 0.717) is 0 Å². The summed E-state index contributed by atoms with van der Waals surface area (Å²) in [6.45, 7) is 4.78. The second kappa shape index (κ2) is 7.75. The summed E-state index contributed by atoms with van der Waals surface area (Å²) in [6, 6.07) is -0.420. The Morgan fingerprint density at radius 2 is 1.96 bits per heavy atom. The van der Waals surface area contributed by atoms with Crippen LogP contribution in [0.5, 0.6) is 5.75 Å². The Labute approximate surface area is 152 Å². The molecule has 0 bridgehead atoms. The van der Waals surface area contributed by atoms with Crippen molar-refractivity contribution in [2.75, 3.05) is 0 Å². The van der Waals surface area contributed by atoms with Gasteiger partial charge < -0.3 is 20.3 Å². The summed E-state index contributed by atoms with van der Waals surface area (Å²) in [5, 5.41) is 31.6. The second-order valence-electron chi connectivity index (χ2n) is 6.03. The standard InChI is InChI=1S/C14H16Cl2N2O7/c1-14(2,3)25-13(22)17-8(12(20)21)5-6-4-7(15)9(16)10(11(6)19)18(23)24/h4,8,19H,5H2,1-3H3,(H,17,22)(H,20,21). The summed E-state index contributed by atoms with van der Waals surface area (Å²) in [7, 11) is 0. The van der Waals surface area contributed by atoms with Crippen molar-refractivity contribution in [3.8, 4) is 5.75 Å². The SMILES string of the molecule is CC(C)(C)OC(=O)NC(Cc1cc(Cl)c(Cl)c([N+](=O)[O-])c1O)C(=O)O. The number of carboxylic acid groups (broad SMARTS) is 1. The van der Waals surface area contributed by atoms with Gasteiger partial charge in [-0.05, 0) is 26.8 Å². The van der Waals surface area contributed by atoms with Crippen LogP contribution in [0, 0.1) is 10.1 Å². The maximum Gasteiger partial charge on any atom is 0.408 e. The average molecular weight is 395 g/mol. The lowest BCUT2D eigenvalue weighted by atomic mass is 10.0. The third kappa shape index (κ3) is 5.64. The van der Waals surface area contributed by atoms with Crippen molar-refractivity contribution in [1.29, 1.82) is 0 Å². The van der Waals surface area contributed by atoms with Gasteiger partial charge in [0, 0.05) is 12.0 Å². The Hall–Kier alpha value is -2.26. The monoisotopic (exact) mass is 394 g/mol. The number of nitrogens with one attached hydrogen (secondary N) is 1. The molecule has 0 aliphatic carbocycles. The summed E-state index contributed by atoms with van der Waals surface area (Å²) in [4.78, 5) is 33.1. The van der Waals surface area contributed by atoms with Gasteiger partial charge in [0.05, 0.1) is 9.95 Å². The van der Waals surface area contributed by atoms with Crippen LogP contribution in [0.25, 0.3) is 0 Å². The van der Waals surface area contributed by atoms with Crippen molar-refractivity contribution in [2.24, 2.45) is 0 Å². The highest BCUT2D eigenvalue weighted by Crippen LogP contribution is 2.41. The number of benzene rings is 1. The zero-order valence-electron chi connectivity index (χ0n) is 13.5. The van der Waals surface area contributed by atoms with E-state index in [2.05, 4.69) is 5.32 Å². The Kier molecular flexibility index (Phi) is 6.44. The number of aliphatic carboxylic acids is 1. The first-order chi connectivity index (χ1) is 11.3. The van der Waals surface area contributed by atoms with Crippen LogP contribution < -0.4 is 5.32 Å². The molecular formula is C14H16Cl2N2O7. The Bertz CT molecular complexity index is 716. The zero-order valence-corrected chi connectivity index (χ0v) is 15.0. The molecule has 11 heteroatoms. The summed E-state index contributed by atoms with van der Waals surface area (Å²) in [5.74, 6) is -2.25. The summed E-state index contributed by atoms with van der Waals surface area (Å²) < 4.78 is 4.96. The number of hydrogen-bond donors (Lipinski definition) is 3. The lowest BCUT2D eigenvalue weighted by molar-refractivity contribution is -0.385. The molecule has 25 heavy (non-hydrogen) atoms. The van der Waals surface area contributed by atoms with Gasteiger partial charge >= 0.3 is 17.7 Å². The van der Waals surface area contributed by atoms with Crippen LogP contribution in [0.15, 0.2) is 6.07 Å². The van der Waals surface area contributed by atoms with Crippen LogP contribution in [0.4, 0.5) is 10.5 Å². The molecule has 0 spiro atoms. The maximum atomic E-state index is 11.7. The van der Waals surface area contributed by atoms with Crippen molar-refractivity contribution in [1.82, 2.24) is 5.32 Å². The summed E-state index contributed by atoms with van der Waals surface area (Å²) in [5.41, 5.74) is -1.85. The number of carboxylic acids is 1. The fraction of sp³-hybridized carbons (Fsp3) is 0.429. The van der Waals surface area contributed by atoms with E-state index in [1.807, 2.05) is 0 Å². The minimum atomic E-state index is -1.52. The van der Waals surface area contributed by atoms with Crippen molar-refractivity contribution < 1.29 is 29.5 Å². The molecule has 0 saturated carbocycles. The molecule has 0 aromatic heterocycles. The number of nitro groups is 1. The molecule has 138 valence electrons. The number of amides is 1. The number of alkyl carbamates (subject to hydrolysis) is 1. The largest absolute Gasteiger partial charge is 0.502 e. The first-order valence-electron chi connectivity index (χ1n) is 6.90. The van der Waals surface area contributed by atoms with Crippen LogP contribution in [0.2, 0.25) is 10.0 Å². The highest BCUT2D eigenvalue weighted by molar-refractivity contribution is 6.43. The van der Waals surface area contributed by atoms with Crippen molar-refractivity contribution >= 4 is 41.0 Å². The van der Waals surface area contributed by atoms with Crippen LogP contribution in [-0.2, 0) is 16.0 Å². The van der Waals surface area contributed by atoms with Crippen LogP contribution in [-0.4, -0.2) is 38.8 Å². The van der Waals surface area contributed by atoms with E-state index in [1.165, 1.54) is 0 Å². The fourth-order valence-electron chi connectivity index (χ4n) is 1.85. The van der Waals surface area contributed by atoms with Crippen molar-refractivity contribution in [3.05, 3.63) is 31.8 Å². The van der Waals surface area contributed by atoms with Crippen LogP contribution >= 0.6 is 23.2 Å². The summed E-state index contributed by atoms with van der Waals surface area (Å²) in [6.07, 6.45) is -1.47. The normalized spacial score (nSPS) is 12.4. The average Bonchev–Trinajstić information content (AvgIpc) is 2.41. The molecule has 1 atom stereocenters. The molecule has 1 unspecified atom stereocenters. The number of halogens is 2. The first kappa shape index (κ1) is 20.8. The van der Waals surface area contributed by atoms with E-state index >= 15 is 0 Å². The van der Waals surface area contributed by atoms with Gasteiger partial charge in [-0.25, -0.2) is 9.59 Å². The zero-order chi connectivity index (χ0) is 19.5. The van der Waals surface area contributed by atoms with Crippen LogP contribution in [0.3, 0.4) is 0 Å². The number of phenolic OH excluding ortho intramolecular Hbond substituents is 1. The Balaban J connectivity index is 3.13. The molecular weight excluding hydrogens is 379 g/mol. The molecule has 0 aliphatic heterocycles. The second-order valence-corrected chi connectivity index (χ2v) is 6.81. The minimum absolute atomic E-state index is 0.162. The molecule has 1 amide bonds. The lowest BCUT2D eigenvalue weighted by Crippen LogP contribution is -2.44. The molecule has 1 aromatic carbocycles. The first-order valence-corrected chi connectivity index (χ1v) is 7.65. The fourth-order valence-corrected chi connectivity index (χ4v) is 2.28. The van der Waals surface area contributed by atoms with Gasteiger partial charge in [-0.3, -0.25) is 10.1 Å². The lowest BCUT2D eigenvalue weighted by Gasteiger charge is -2.22. The predicted molar refractivity (Wildman–Crippen MR) is 89.3 cm³/mol. The van der Waals surface area contributed by atoms with Gasteiger partial charge in [0.1, 0.15) is 16.7 Å². The highest BCUT2D eigenvalue weighted by Gasteiger charge is 2.30. The highest BCUT2D eigenvalue weighted by atomic mass is 35.5. The summed E-state index contributed by atoms with van der Waals surface area (Å²) >= 11 is 11.5. The van der Waals surface area contributed by atoms with Gasteiger partial charge in [0.15, 0.2) is 5.75 Å². The molecule has 3 N–H and O–H groups in total. The number of nitrogens with zero attached hydrogens (tertiary/aromatic N) is 1. The molecule has 0 aliphatic rings. The number of phenols is 1. The van der Waals surface area contributed by atoms with E-state index < -0.39 is 51.5 Å². The van der Waals surface area contributed by atoms with E-state index in [-0.39, 0.29) is 10.6 Å². The molecule has 1 aromatic rings. The third-order valence-electron chi connectivity index (χ3n) is 2.84. The van der Waals surface area contributed by atoms with Gasteiger partial charge in [-0.1, -0.05) is 23.2 Å². The number of carbonyl (C=O) groups excluding carboxylic acids is 1. The number of rotatable bonds is 5. The van der Waals surface area contributed by atoms with Crippen molar-refractivity contribution in [2.45, 2.75) is 38.8 Å². The quantitative estimate of drug-likeness (QED) is 0.514. The molecule has 0 fully saturated rings. The van der Waals surface area contributed by atoms with E-state index in [4.69, 9.17) is 27.9 Å². The predicted octanol–water partition coefficient (Wildman–Crippen LogP) is 3.13. The molecule has 0 saturated heterocycles. The Morgan fingerprint density at radius 1 is 1.40 bits per heavy atom. The number of ether oxygens (including phenoxy) is 1. The molecule has 1 rings (SSSR count). The smallest absolute Gasteiger partial charge is 0.408 e. The van der Waals surface area contributed by atoms with Crippen LogP contribution in [0.1, 0.15) is 26.3 Å². The molecule has 0 radical (unpaired) electrons. The topological polar surface area (TPSA) is 139 Å². The third-order valence-corrected chi connectivity index (χ3v) is 3.62. The van der Waals surface area contributed by atoms with E-state index in [9.17, 15) is 29.9 Å². The van der Waals surface area contributed by atoms with Crippen molar-refractivity contribution in [3.63, 3.8) is 0 Å². The Morgan fingerprint density at radius 3 is 2.40 bits per heavy atom. The minimum Gasteiger partial charge on any atom is -0.502 e. The van der Waals surface area contributed by atoms with E-state index in [1.54, 1.807) is 20.8 Å². The number of hydrogen-bond acceptors (Lipinski definition) is 6. The number of carbonyl (C=O) groups is 2. The molecule has 9 nitrogen and oxygen atoms in total. The molecule has 0 heterocycles. The van der Waals surface area contributed by atoms with Gasteiger partial charge in [0.2, 0.25) is 0 Å². The van der Waals surface area contributed by atoms with Gasteiger partial charge in [-0.2, -0.15) is 0 Å². The number of nitro benzene ring substituents is 1.